The third-order valence-electron chi connectivity index (χ3n) is 3.22. The van der Waals surface area contributed by atoms with Gasteiger partial charge in [-0.1, -0.05) is 0 Å². The lowest BCUT2D eigenvalue weighted by Gasteiger charge is -2.29. The first-order valence-corrected chi connectivity index (χ1v) is 6.04. The lowest BCUT2D eigenvalue weighted by atomic mass is 10.1. The van der Waals surface area contributed by atoms with Crippen molar-refractivity contribution in [2.24, 2.45) is 0 Å². The number of likely N-dealkylation sites (tertiary alicyclic amines) is 1. The maximum Gasteiger partial charge on any atom is 0.337 e. The number of anilines is 1. The van der Waals surface area contributed by atoms with E-state index in [0.29, 0.717) is 5.75 Å². The molecule has 0 atom stereocenters. The Bertz CT molecular complexity index is 440. The molecule has 1 saturated heterocycles. The van der Waals surface area contributed by atoms with Crippen molar-refractivity contribution in [2.75, 3.05) is 25.9 Å². The summed E-state index contributed by atoms with van der Waals surface area (Å²) in [5, 5.41) is 8.99. The highest BCUT2D eigenvalue weighted by atomic mass is 16.5. The molecule has 1 aliphatic heterocycles. The van der Waals surface area contributed by atoms with Gasteiger partial charge in [0.2, 0.25) is 0 Å². The van der Waals surface area contributed by atoms with E-state index in [-0.39, 0.29) is 17.4 Å². The molecule has 0 saturated carbocycles. The number of nitrogen functional groups attached to an aromatic ring is 1. The van der Waals surface area contributed by atoms with Gasteiger partial charge in [-0.05, 0) is 38.1 Å². The Morgan fingerprint density at radius 2 is 2.11 bits per heavy atom. The lowest BCUT2D eigenvalue weighted by Crippen LogP contribution is -2.35. The fraction of sp³-hybridized carbons (Fsp3) is 0.462. The largest absolute Gasteiger partial charge is 0.490 e. The highest BCUT2D eigenvalue weighted by Gasteiger charge is 2.18. The van der Waals surface area contributed by atoms with Crippen LogP contribution in [0.3, 0.4) is 0 Å². The number of carboxylic acid groups (broad SMARTS) is 1. The molecule has 0 radical (unpaired) electrons. The van der Waals surface area contributed by atoms with Crippen LogP contribution in [0.4, 0.5) is 5.69 Å². The molecule has 5 heteroatoms. The quantitative estimate of drug-likeness (QED) is 0.794. The van der Waals surface area contributed by atoms with Crippen LogP contribution in [0.2, 0.25) is 0 Å². The summed E-state index contributed by atoms with van der Waals surface area (Å²) in [4.78, 5) is 13.2. The van der Waals surface area contributed by atoms with E-state index in [0.717, 1.165) is 25.9 Å². The minimum Gasteiger partial charge on any atom is -0.490 e. The molecule has 18 heavy (non-hydrogen) atoms. The second-order valence-corrected chi connectivity index (χ2v) is 4.67. The van der Waals surface area contributed by atoms with Gasteiger partial charge in [0.05, 0.1) is 5.56 Å². The molecule has 5 nitrogen and oxygen atoms in total. The average molecular weight is 250 g/mol. The Hall–Kier alpha value is -1.75. The molecule has 1 aromatic rings. The van der Waals surface area contributed by atoms with E-state index in [1.54, 1.807) is 12.1 Å². The number of ether oxygens (including phenoxy) is 1. The molecule has 1 aromatic carbocycles. The highest BCUT2D eigenvalue weighted by Crippen LogP contribution is 2.23. The Labute approximate surface area is 106 Å². The fourth-order valence-corrected chi connectivity index (χ4v) is 2.09. The topological polar surface area (TPSA) is 75.8 Å². The van der Waals surface area contributed by atoms with Gasteiger partial charge in [-0.25, -0.2) is 4.79 Å². The van der Waals surface area contributed by atoms with Gasteiger partial charge in [-0.3, -0.25) is 0 Å². The van der Waals surface area contributed by atoms with Crippen LogP contribution in [0.5, 0.6) is 5.75 Å². The summed E-state index contributed by atoms with van der Waals surface area (Å²) in [7, 11) is 2.09. The number of benzene rings is 1. The zero-order valence-corrected chi connectivity index (χ0v) is 10.4. The van der Waals surface area contributed by atoms with Crippen molar-refractivity contribution < 1.29 is 14.6 Å². The molecule has 1 aliphatic rings. The predicted molar refractivity (Wildman–Crippen MR) is 69.0 cm³/mol. The van der Waals surface area contributed by atoms with Gasteiger partial charge in [0.1, 0.15) is 11.9 Å². The van der Waals surface area contributed by atoms with Crippen molar-refractivity contribution in [3.8, 4) is 5.75 Å². The number of rotatable bonds is 3. The molecule has 0 spiro atoms. The van der Waals surface area contributed by atoms with Crippen molar-refractivity contribution in [1.29, 1.82) is 0 Å². The Morgan fingerprint density at radius 3 is 2.72 bits per heavy atom. The van der Waals surface area contributed by atoms with Gasteiger partial charge in [-0.2, -0.15) is 0 Å². The van der Waals surface area contributed by atoms with Crippen molar-refractivity contribution in [2.45, 2.75) is 18.9 Å². The molecule has 0 aromatic heterocycles. The van der Waals surface area contributed by atoms with E-state index < -0.39 is 5.97 Å². The summed E-state index contributed by atoms with van der Waals surface area (Å²) < 4.78 is 5.80. The van der Waals surface area contributed by atoms with Gasteiger partial charge in [0, 0.05) is 18.8 Å². The maximum absolute atomic E-state index is 11.0. The third kappa shape index (κ3) is 2.92. The van der Waals surface area contributed by atoms with Crippen LogP contribution >= 0.6 is 0 Å². The summed E-state index contributed by atoms with van der Waals surface area (Å²) in [5.74, 6) is -0.447. The van der Waals surface area contributed by atoms with E-state index >= 15 is 0 Å². The van der Waals surface area contributed by atoms with Crippen LogP contribution in [0.15, 0.2) is 18.2 Å². The van der Waals surface area contributed by atoms with Crippen LogP contribution in [0, 0.1) is 0 Å². The van der Waals surface area contributed by atoms with Crippen LogP contribution in [0.1, 0.15) is 23.2 Å². The first kappa shape index (κ1) is 12.7. The number of nitrogens with zero attached hydrogens (tertiary/aromatic N) is 1. The van der Waals surface area contributed by atoms with E-state index in [1.807, 2.05) is 0 Å². The van der Waals surface area contributed by atoms with Crippen molar-refractivity contribution >= 4 is 11.7 Å². The monoisotopic (exact) mass is 250 g/mol. The molecular weight excluding hydrogens is 232 g/mol. The molecule has 98 valence electrons. The Morgan fingerprint density at radius 1 is 1.44 bits per heavy atom. The van der Waals surface area contributed by atoms with Gasteiger partial charge < -0.3 is 20.5 Å². The van der Waals surface area contributed by atoms with Gasteiger partial charge in [-0.15, -0.1) is 0 Å². The van der Waals surface area contributed by atoms with Crippen LogP contribution in [-0.4, -0.2) is 42.2 Å². The Balaban J connectivity index is 2.05. The van der Waals surface area contributed by atoms with Gasteiger partial charge in [0.25, 0.3) is 0 Å². The minimum atomic E-state index is -1.03. The second kappa shape index (κ2) is 5.27. The van der Waals surface area contributed by atoms with Gasteiger partial charge >= 0.3 is 5.97 Å². The molecule has 0 unspecified atom stereocenters. The zero-order valence-electron chi connectivity index (χ0n) is 10.4. The van der Waals surface area contributed by atoms with Gasteiger partial charge in [0.15, 0.2) is 0 Å². The normalized spacial score (nSPS) is 17.6. The molecule has 1 fully saturated rings. The lowest BCUT2D eigenvalue weighted by molar-refractivity contribution is 0.0696. The number of piperidine rings is 1. The predicted octanol–water partition coefficient (Wildman–Crippen LogP) is 1.44. The zero-order chi connectivity index (χ0) is 13.1. The number of nitrogens with two attached hydrogens (primary N) is 1. The van der Waals surface area contributed by atoms with Crippen LogP contribution < -0.4 is 10.5 Å². The van der Waals surface area contributed by atoms with E-state index in [1.165, 1.54) is 6.07 Å². The molecule has 0 aliphatic carbocycles. The van der Waals surface area contributed by atoms with E-state index in [9.17, 15) is 4.79 Å². The summed E-state index contributed by atoms with van der Waals surface area (Å²) in [6.45, 7) is 2.01. The van der Waals surface area contributed by atoms with Crippen LogP contribution in [-0.2, 0) is 0 Å². The highest BCUT2D eigenvalue weighted by molar-refractivity contribution is 5.94. The molecular formula is C13H18N2O3. The van der Waals surface area contributed by atoms with Crippen molar-refractivity contribution in [1.82, 2.24) is 4.90 Å². The molecule has 2 rings (SSSR count). The van der Waals surface area contributed by atoms with E-state index in [4.69, 9.17) is 15.6 Å². The fourth-order valence-electron chi connectivity index (χ4n) is 2.09. The second-order valence-electron chi connectivity index (χ2n) is 4.67. The summed E-state index contributed by atoms with van der Waals surface area (Å²) >= 11 is 0. The summed E-state index contributed by atoms with van der Waals surface area (Å²) in [5.41, 5.74) is 5.96. The smallest absolute Gasteiger partial charge is 0.337 e. The maximum atomic E-state index is 11.0. The number of aromatic carboxylic acids is 1. The summed E-state index contributed by atoms with van der Waals surface area (Å²) in [6, 6.07) is 4.80. The molecule has 0 bridgehead atoms. The molecule has 3 N–H and O–H groups in total. The summed E-state index contributed by atoms with van der Waals surface area (Å²) in [6.07, 6.45) is 2.08. The van der Waals surface area contributed by atoms with Crippen molar-refractivity contribution in [3.63, 3.8) is 0 Å². The first-order valence-electron chi connectivity index (χ1n) is 6.04. The van der Waals surface area contributed by atoms with Crippen molar-refractivity contribution in [3.05, 3.63) is 23.8 Å². The standard InChI is InChI=1S/C13H18N2O3/c1-15-6-4-9(5-7-15)18-10-2-3-12(14)11(8-10)13(16)17/h2-3,8-9H,4-7,14H2,1H3,(H,16,17). The van der Waals surface area contributed by atoms with E-state index in [2.05, 4.69) is 11.9 Å². The first-order chi connectivity index (χ1) is 8.56. The number of carboxylic acids is 1. The third-order valence-corrected chi connectivity index (χ3v) is 3.22. The number of hydrogen-bond donors (Lipinski definition) is 2. The molecule has 1 heterocycles. The van der Waals surface area contributed by atoms with Crippen LogP contribution in [0.25, 0.3) is 0 Å². The Kier molecular flexibility index (Phi) is 3.72. The molecule has 0 amide bonds. The number of carbonyl (C=O) groups is 1. The minimum absolute atomic E-state index is 0.0976. The SMILES string of the molecule is CN1CCC(Oc2ccc(N)c(C(=O)O)c2)CC1. The number of hydrogen-bond acceptors (Lipinski definition) is 4. The average Bonchev–Trinajstić information content (AvgIpc) is 2.34.